The molecule has 1 saturated carbocycles. The molecule has 9 heteroatoms. The van der Waals surface area contributed by atoms with Crippen LogP contribution < -0.4 is 20.3 Å². The monoisotopic (exact) mass is 532 g/mol. The molecule has 1 aromatic carbocycles. The Bertz CT molecular complexity index is 1640. The van der Waals surface area contributed by atoms with E-state index in [0.717, 1.165) is 52.9 Å². The lowest BCUT2D eigenvalue weighted by atomic mass is 9.83. The van der Waals surface area contributed by atoms with E-state index in [9.17, 15) is 14.7 Å². The zero-order chi connectivity index (χ0) is 27.0. The Morgan fingerprint density at radius 1 is 1.34 bits per heavy atom. The molecule has 0 bridgehead atoms. The number of amides is 1. The van der Waals surface area contributed by atoms with Crippen LogP contribution in [0.3, 0.4) is 0 Å². The van der Waals surface area contributed by atoms with Crippen LogP contribution in [0.5, 0.6) is 5.75 Å². The molecule has 8 nitrogen and oxygen atoms in total. The molecule has 0 unspecified atom stereocenters. The van der Waals surface area contributed by atoms with Crippen LogP contribution in [0.1, 0.15) is 51.5 Å². The quantitative estimate of drug-likeness (QED) is 0.334. The Morgan fingerprint density at radius 2 is 2.16 bits per heavy atom. The van der Waals surface area contributed by atoms with Crippen molar-refractivity contribution in [2.24, 2.45) is 5.92 Å². The smallest absolute Gasteiger partial charge is 0.353 e. The van der Waals surface area contributed by atoms with Gasteiger partial charge in [-0.05, 0) is 81.9 Å². The molecule has 38 heavy (non-hydrogen) atoms. The maximum atomic E-state index is 13.4. The SMILES string of the molecule is C=CC(=O)N[C@H]1CCC[C@@H](CC(O)=c2sc3nccc4c3c2nc(=O)n4-c2ccc(OC(C)C)cc2C)C1. The highest BCUT2D eigenvalue weighted by atomic mass is 32.1. The topological polar surface area (TPSA) is 106 Å². The minimum Gasteiger partial charge on any atom is -0.511 e. The fourth-order valence-electron chi connectivity index (χ4n) is 5.42. The van der Waals surface area contributed by atoms with Gasteiger partial charge in [0.2, 0.25) is 5.91 Å². The molecule has 2 atom stereocenters. The highest BCUT2D eigenvalue weighted by Gasteiger charge is 2.25. The van der Waals surface area contributed by atoms with Crippen molar-refractivity contribution in [3.63, 3.8) is 0 Å². The van der Waals surface area contributed by atoms with E-state index in [2.05, 4.69) is 21.9 Å². The average molecular weight is 533 g/mol. The third-order valence-corrected chi connectivity index (χ3v) is 8.16. The van der Waals surface area contributed by atoms with Gasteiger partial charge in [0, 0.05) is 18.7 Å². The molecule has 1 fully saturated rings. The minimum absolute atomic E-state index is 0.0489. The number of ether oxygens (including phenoxy) is 1. The predicted octanol–water partition coefficient (Wildman–Crippen LogP) is 4.73. The third-order valence-electron chi connectivity index (χ3n) is 7.02. The summed E-state index contributed by atoms with van der Waals surface area (Å²) < 4.78 is 8.00. The van der Waals surface area contributed by atoms with Crippen molar-refractivity contribution in [1.82, 2.24) is 19.9 Å². The highest BCUT2D eigenvalue weighted by Crippen LogP contribution is 2.32. The molecule has 0 aliphatic heterocycles. The largest absolute Gasteiger partial charge is 0.511 e. The summed E-state index contributed by atoms with van der Waals surface area (Å²) >= 11 is 1.35. The number of pyridine rings is 1. The standard InChI is InChI=1S/C29H32N4O4S/c1-5-24(35)31-19-8-6-7-18(14-19)15-23(34)27-26-25-22(11-12-30-28(25)38-27)33(29(36)32-26)21-10-9-20(13-17(21)4)37-16(2)3/h5,9-13,16,18-19,34H,1,6-8,14-15H2,2-4H3,(H,31,35)/t18-,19+/m1/s1. The lowest BCUT2D eigenvalue weighted by molar-refractivity contribution is -0.117. The minimum atomic E-state index is -0.414. The second-order valence-corrected chi connectivity index (χ2v) is 11.2. The zero-order valence-electron chi connectivity index (χ0n) is 21.9. The van der Waals surface area contributed by atoms with Gasteiger partial charge in [-0.15, -0.1) is 11.3 Å². The van der Waals surface area contributed by atoms with Crippen LogP contribution >= 0.6 is 11.3 Å². The Labute approximate surface area is 224 Å². The summed E-state index contributed by atoms with van der Waals surface area (Å²) in [6, 6.07) is 7.54. The van der Waals surface area contributed by atoms with E-state index in [1.807, 2.05) is 45.0 Å². The van der Waals surface area contributed by atoms with Crippen molar-refractivity contribution >= 4 is 44.3 Å². The first-order chi connectivity index (χ1) is 18.2. The van der Waals surface area contributed by atoms with Crippen molar-refractivity contribution < 1.29 is 14.6 Å². The molecule has 5 rings (SSSR count). The first kappa shape index (κ1) is 25.9. The van der Waals surface area contributed by atoms with Crippen molar-refractivity contribution in [1.29, 1.82) is 0 Å². The number of aryl methyl sites for hydroxylation is 1. The second kappa shape index (κ2) is 10.6. The number of rotatable bonds is 7. The van der Waals surface area contributed by atoms with Gasteiger partial charge in [-0.25, -0.2) is 9.78 Å². The van der Waals surface area contributed by atoms with Gasteiger partial charge in [-0.3, -0.25) is 9.36 Å². The van der Waals surface area contributed by atoms with Crippen LogP contribution in [0.15, 0.2) is 47.9 Å². The maximum absolute atomic E-state index is 13.4. The zero-order valence-corrected chi connectivity index (χ0v) is 22.7. The fraction of sp³-hybridized carbons (Fsp3) is 0.379. The molecular formula is C29H32N4O4S. The van der Waals surface area contributed by atoms with E-state index in [1.165, 1.54) is 17.4 Å². The average Bonchev–Trinajstić information content (AvgIpc) is 3.24. The molecule has 3 aromatic heterocycles. The van der Waals surface area contributed by atoms with Crippen molar-refractivity contribution in [3.05, 3.63) is 63.7 Å². The van der Waals surface area contributed by atoms with Gasteiger partial charge in [0.25, 0.3) is 0 Å². The van der Waals surface area contributed by atoms with Crippen LogP contribution in [0.25, 0.3) is 32.7 Å². The van der Waals surface area contributed by atoms with Crippen LogP contribution in [0.2, 0.25) is 0 Å². The maximum Gasteiger partial charge on any atom is 0.353 e. The number of thiophene rings is 1. The summed E-state index contributed by atoms with van der Waals surface area (Å²) in [6.45, 7) is 9.41. The van der Waals surface area contributed by atoms with Gasteiger partial charge in [-0.1, -0.05) is 13.0 Å². The summed E-state index contributed by atoms with van der Waals surface area (Å²) in [7, 11) is 0. The summed E-state index contributed by atoms with van der Waals surface area (Å²) in [5, 5.41) is 15.0. The number of benzene rings is 1. The Balaban J connectivity index is 1.55. The molecule has 3 heterocycles. The number of aliphatic hydroxyl groups excluding tert-OH is 1. The van der Waals surface area contributed by atoms with Gasteiger partial charge in [0.05, 0.1) is 27.2 Å². The third kappa shape index (κ3) is 5.03. The first-order valence-electron chi connectivity index (χ1n) is 13.0. The molecule has 0 spiro atoms. The van der Waals surface area contributed by atoms with Crippen molar-refractivity contribution in [2.45, 2.75) is 65.0 Å². The molecule has 198 valence electrons. The van der Waals surface area contributed by atoms with Gasteiger partial charge >= 0.3 is 5.69 Å². The van der Waals surface area contributed by atoms with E-state index in [0.29, 0.717) is 22.0 Å². The number of hydrogen-bond acceptors (Lipinski definition) is 7. The molecule has 1 aliphatic rings. The lowest BCUT2D eigenvalue weighted by Crippen LogP contribution is -2.37. The van der Waals surface area contributed by atoms with Crippen molar-refractivity contribution in [2.75, 3.05) is 0 Å². The van der Waals surface area contributed by atoms with E-state index in [4.69, 9.17) is 4.74 Å². The molecular weight excluding hydrogens is 500 g/mol. The summed E-state index contributed by atoms with van der Waals surface area (Å²) in [6.07, 6.45) is 7.12. The highest BCUT2D eigenvalue weighted by molar-refractivity contribution is 7.17. The number of carbonyl (C=O) groups is 1. The van der Waals surface area contributed by atoms with Crippen molar-refractivity contribution in [3.8, 4) is 11.4 Å². The van der Waals surface area contributed by atoms with Crippen LogP contribution in [-0.4, -0.2) is 37.7 Å². The van der Waals surface area contributed by atoms with Gasteiger partial charge in [0.1, 0.15) is 21.9 Å². The predicted molar refractivity (Wildman–Crippen MR) is 151 cm³/mol. The number of nitrogens with one attached hydrogen (secondary N) is 1. The van der Waals surface area contributed by atoms with E-state index in [-0.39, 0.29) is 29.7 Å². The van der Waals surface area contributed by atoms with E-state index < -0.39 is 5.69 Å². The summed E-state index contributed by atoms with van der Waals surface area (Å²) in [5.74, 6) is 1.00. The number of carbonyl (C=O) groups excluding carboxylic acids is 1. The van der Waals surface area contributed by atoms with Crippen LogP contribution in [0, 0.1) is 12.8 Å². The number of aromatic nitrogens is 3. The van der Waals surface area contributed by atoms with Crippen LogP contribution in [-0.2, 0) is 4.79 Å². The summed E-state index contributed by atoms with van der Waals surface area (Å²) in [4.78, 5) is 34.9. The Morgan fingerprint density at radius 3 is 2.89 bits per heavy atom. The fourth-order valence-corrected chi connectivity index (χ4v) is 6.48. The second-order valence-electron chi connectivity index (χ2n) is 10.2. The lowest BCUT2D eigenvalue weighted by Gasteiger charge is -2.29. The molecule has 4 aromatic rings. The van der Waals surface area contributed by atoms with Gasteiger partial charge < -0.3 is 15.2 Å². The molecule has 0 saturated heterocycles. The van der Waals surface area contributed by atoms with E-state index >= 15 is 0 Å². The molecule has 2 N–H and O–H groups in total. The molecule has 1 aliphatic carbocycles. The normalized spacial score (nSPS) is 18.6. The molecule has 1 amide bonds. The molecule has 0 radical (unpaired) electrons. The Kier molecular flexibility index (Phi) is 7.21. The first-order valence-corrected chi connectivity index (χ1v) is 13.8. The number of aliphatic hydroxyl groups is 1. The van der Waals surface area contributed by atoms with Gasteiger partial charge in [-0.2, -0.15) is 4.98 Å². The van der Waals surface area contributed by atoms with Crippen LogP contribution in [0.4, 0.5) is 0 Å². The Hall–Kier alpha value is -3.72. The summed E-state index contributed by atoms with van der Waals surface area (Å²) in [5.41, 5.74) is 2.38. The van der Waals surface area contributed by atoms with Gasteiger partial charge in [0.15, 0.2) is 0 Å². The number of nitrogens with zero attached hydrogens (tertiary/aromatic N) is 3. The number of hydrogen-bond donors (Lipinski definition) is 2. The van der Waals surface area contributed by atoms with E-state index in [1.54, 1.807) is 10.8 Å².